The second-order valence-corrected chi connectivity index (χ2v) is 3.90. The van der Waals surface area contributed by atoms with E-state index in [0.717, 1.165) is 7.11 Å². The maximum atomic E-state index is 12.6. The van der Waals surface area contributed by atoms with Crippen molar-refractivity contribution in [2.24, 2.45) is 0 Å². The van der Waals surface area contributed by atoms with Gasteiger partial charge in [0.05, 0.1) is 18.2 Å². The van der Waals surface area contributed by atoms with E-state index in [2.05, 4.69) is 20.7 Å². The van der Waals surface area contributed by atoms with Gasteiger partial charge in [-0.3, -0.25) is 0 Å². The van der Waals surface area contributed by atoms with Crippen molar-refractivity contribution in [1.29, 1.82) is 0 Å². The summed E-state index contributed by atoms with van der Waals surface area (Å²) < 4.78 is 80.0. The van der Waals surface area contributed by atoms with E-state index >= 15 is 0 Å². The maximum Gasteiger partial charge on any atom is 0.419 e. The largest absolute Gasteiger partial charge is 0.496 e. The van der Waals surface area contributed by atoms with Crippen molar-refractivity contribution < 1.29 is 31.1 Å². The van der Waals surface area contributed by atoms with Gasteiger partial charge >= 0.3 is 12.4 Å². The van der Waals surface area contributed by atoms with Crippen molar-refractivity contribution >= 4 is 15.9 Å². The van der Waals surface area contributed by atoms with Crippen LogP contribution in [0.15, 0.2) is 12.1 Å². The molecule has 0 atom stereocenters. The topological polar surface area (TPSA) is 9.23 Å². The lowest BCUT2D eigenvalue weighted by atomic mass is 10.0. The Kier molecular flexibility index (Phi) is 4.19. The predicted octanol–water partition coefficient (Wildman–Crippen LogP) is 4.63. The Morgan fingerprint density at radius 3 is 1.83 bits per heavy atom. The molecule has 1 aromatic rings. The van der Waals surface area contributed by atoms with Crippen LogP contribution in [0.3, 0.4) is 0 Å². The molecule has 0 saturated carbocycles. The zero-order valence-corrected chi connectivity index (χ0v) is 10.5. The van der Waals surface area contributed by atoms with Gasteiger partial charge in [-0.1, -0.05) is 15.9 Å². The molecule has 0 aliphatic heterocycles. The average molecular weight is 337 g/mol. The zero-order valence-electron chi connectivity index (χ0n) is 8.92. The summed E-state index contributed by atoms with van der Waals surface area (Å²) in [6.07, 6.45) is -9.51. The fourth-order valence-electron chi connectivity index (χ4n) is 1.39. The standard InChI is InChI=1S/C10H7BrF6O/c1-18-8-3-6(9(12,13)14)5(4-11)2-7(8)10(15,16)17/h2-3H,4H2,1H3. The molecule has 1 aromatic carbocycles. The maximum absolute atomic E-state index is 12.6. The lowest BCUT2D eigenvalue weighted by molar-refractivity contribution is -0.142. The van der Waals surface area contributed by atoms with Crippen LogP contribution < -0.4 is 4.74 Å². The fraction of sp³-hybridized carbons (Fsp3) is 0.400. The van der Waals surface area contributed by atoms with Crippen LogP contribution in [0.2, 0.25) is 0 Å². The van der Waals surface area contributed by atoms with Gasteiger partial charge in [-0.2, -0.15) is 26.3 Å². The molecule has 0 spiro atoms. The molecule has 0 aliphatic rings. The highest BCUT2D eigenvalue weighted by Crippen LogP contribution is 2.42. The summed E-state index contributed by atoms with van der Waals surface area (Å²) >= 11 is 2.74. The lowest BCUT2D eigenvalue weighted by Crippen LogP contribution is -2.14. The molecule has 0 saturated heterocycles. The van der Waals surface area contributed by atoms with Gasteiger partial charge in [-0.15, -0.1) is 0 Å². The number of methoxy groups -OCH3 is 1. The van der Waals surface area contributed by atoms with E-state index in [-0.39, 0.29) is 5.33 Å². The highest BCUT2D eigenvalue weighted by Gasteiger charge is 2.39. The summed E-state index contributed by atoms with van der Waals surface area (Å²) in [7, 11) is 0.887. The first-order chi connectivity index (χ1) is 8.11. The van der Waals surface area contributed by atoms with E-state index in [1.165, 1.54) is 0 Å². The molecule has 1 nitrogen and oxygen atoms in total. The van der Waals surface area contributed by atoms with E-state index in [0.29, 0.717) is 12.1 Å². The van der Waals surface area contributed by atoms with Crippen LogP contribution in [0.4, 0.5) is 26.3 Å². The molecule has 0 aromatic heterocycles. The van der Waals surface area contributed by atoms with Crippen LogP contribution >= 0.6 is 15.9 Å². The molecule has 8 heteroatoms. The molecule has 0 amide bonds. The molecule has 0 heterocycles. The third-order valence-corrected chi connectivity index (χ3v) is 2.78. The smallest absolute Gasteiger partial charge is 0.419 e. The molecule has 102 valence electrons. The number of benzene rings is 1. The Hall–Kier alpha value is -0.920. The van der Waals surface area contributed by atoms with Crippen LogP contribution in [-0.2, 0) is 17.7 Å². The normalized spacial score (nSPS) is 12.7. The van der Waals surface area contributed by atoms with Gasteiger partial charge in [0, 0.05) is 5.33 Å². The van der Waals surface area contributed by atoms with Crippen molar-refractivity contribution in [3.63, 3.8) is 0 Å². The number of ether oxygens (including phenoxy) is 1. The van der Waals surface area contributed by atoms with Crippen molar-refractivity contribution in [2.75, 3.05) is 7.11 Å². The monoisotopic (exact) mass is 336 g/mol. The predicted molar refractivity (Wildman–Crippen MR) is 55.6 cm³/mol. The van der Waals surface area contributed by atoms with Crippen LogP contribution in [-0.4, -0.2) is 7.11 Å². The summed E-state index contributed by atoms with van der Waals surface area (Å²) in [5.41, 5.74) is -2.87. The first-order valence-electron chi connectivity index (χ1n) is 4.52. The van der Waals surface area contributed by atoms with Gasteiger partial charge in [-0.05, 0) is 17.7 Å². The van der Waals surface area contributed by atoms with Crippen molar-refractivity contribution in [1.82, 2.24) is 0 Å². The van der Waals surface area contributed by atoms with Crippen LogP contribution in [0, 0.1) is 0 Å². The van der Waals surface area contributed by atoms with E-state index in [4.69, 9.17) is 0 Å². The van der Waals surface area contributed by atoms with Gasteiger partial charge in [0.15, 0.2) is 0 Å². The average Bonchev–Trinajstić information content (AvgIpc) is 2.24. The molecule has 18 heavy (non-hydrogen) atoms. The number of rotatable bonds is 2. The molecular formula is C10H7BrF6O. The van der Waals surface area contributed by atoms with Crippen molar-refractivity contribution in [2.45, 2.75) is 17.7 Å². The molecule has 0 bridgehead atoms. The molecule has 0 N–H and O–H groups in total. The van der Waals surface area contributed by atoms with E-state index in [1.54, 1.807) is 0 Å². The summed E-state index contributed by atoms with van der Waals surface area (Å²) in [5.74, 6) is -0.848. The Morgan fingerprint density at radius 1 is 1.00 bits per heavy atom. The van der Waals surface area contributed by atoms with Gasteiger partial charge in [0.25, 0.3) is 0 Å². The second-order valence-electron chi connectivity index (χ2n) is 3.34. The van der Waals surface area contributed by atoms with Gasteiger partial charge in [0.2, 0.25) is 0 Å². The third kappa shape index (κ3) is 3.09. The Balaban J connectivity index is 3.52. The highest BCUT2D eigenvalue weighted by molar-refractivity contribution is 9.08. The number of hydrogen-bond donors (Lipinski definition) is 0. The fourth-order valence-corrected chi connectivity index (χ4v) is 1.85. The summed E-state index contributed by atoms with van der Waals surface area (Å²) in [6.45, 7) is 0. The van der Waals surface area contributed by atoms with Gasteiger partial charge < -0.3 is 4.74 Å². The van der Waals surface area contributed by atoms with Crippen LogP contribution in [0.1, 0.15) is 16.7 Å². The lowest BCUT2D eigenvalue weighted by Gasteiger charge is -2.17. The molecule has 0 unspecified atom stereocenters. The number of halogens is 7. The van der Waals surface area contributed by atoms with Gasteiger partial charge in [-0.25, -0.2) is 0 Å². The Labute approximate surface area is 107 Å². The molecule has 0 fully saturated rings. The zero-order chi connectivity index (χ0) is 14.1. The first-order valence-corrected chi connectivity index (χ1v) is 5.64. The van der Waals surface area contributed by atoms with E-state index in [9.17, 15) is 26.3 Å². The minimum atomic E-state index is -4.77. The van der Waals surface area contributed by atoms with Crippen molar-refractivity contribution in [3.05, 3.63) is 28.8 Å². The molecule has 0 aliphatic carbocycles. The van der Waals surface area contributed by atoms with Crippen LogP contribution in [0.5, 0.6) is 5.75 Å². The minimum absolute atomic E-state index is 0.338. The van der Waals surface area contributed by atoms with Crippen molar-refractivity contribution in [3.8, 4) is 5.75 Å². The van der Waals surface area contributed by atoms with Crippen LogP contribution in [0.25, 0.3) is 0 Å². The Morgan fingerprint density at radius 2 is 1.50 bits per heavy atom. The van der Waals surface area contributed by atoms with E-state index in [1.807, 2.05) is 0 Å². The summed E-state index contributed by atoms with van der Waals surface area (Å²) in [5, 5.41) is -0.338. The number of hydrogen-bond acceptors (Lipinski definition) is 1. The summed E-state index contributed by atoms with van der Waals surface area (Å²) in [4.78, 5) is 0. The number of alkyl halides is 7. The quantitative estimate of drug-likeness (QED) is 0.565. The van der Waals surface area contributed by atoms with Gasteiger partial charge in [0.1, 0.15) is 5.75 Å². The first kappa shape index (κ1) is 15.1. The second kappa shape index (κ2) is 4.99. The van der Waals surface area contributed by atoms with E-state index < -0.39 is 34.8 Å². The summed E-state index contributed by atoms with van der Waals surface area (Å²) in [6, 6.07) is 0.801. The third-order valence-electron chi connectivity index (χ3n) is 2.18. The highest BCUT2D eigenvalue weighted by atomic mass is 79.9. The molecule has 1 rings (SSSR count). The molecule has 0 radical (unpaired) electrons. The SMILES string of the molecule is COc1cc(C(F)(F)F)c(CBr)cc1C(F)(F)F. The minimum Gasteiger partial charge on any atom is -0.496 e. The Bertz CT molecular complexity index is 395. The molecular weight excluding hydrogens is 330 g/mol.